The molecule has 0 amide bonds. The number of rotatable bonds is 2. The molecule has 0 unspecified atom stereocenters. The van der Waals surface area contributed by atoms with Crippen LogP contribution in [0.3, 0.4) is 0 Å². The maximum atomic E-state index is 12.1. The second kappa shape index (κ2) is 4.73. The standard InChI is InChI=1S/C8H6ClF3INO/c1-4-6(2-9)14-3-5(13)7(4)15-8(10,11)12/h3H,2H2,1H3. The summed E-state index contributed by atoms with van der Waals surface area (Å²) in [6, 6.07) is 0. The molecular weight excluding hydrogens is 345 g/mol. The SMILES string of the molecule is Cc1c(CCl)ncc(I)c1OC(F)(F)F. The van der Waals surface area contributed by atoms with E-state index in [9.17, 15) is 13.2 Å². The fraction of sp³-hybridized carbons (Fsp3) is 0.375. The highest BCUT2D eigenvalue weighted by atomic mass is 127. The first-order chi connectivity index (χ1) is 6.85. The van der Waals surface area contributed by atoms with Crippen LogP contribution in [-0.4, -0.2) is 11.3 Å². The van der Waals surface area contributed by atoms with Crippen molar-refractivity contribution in [3.05, 3.63) is 21.0 Å². The summed E-state index contributed by atoms with van der Waals surface area (Å²) in [5, 5.41) is 0. The average molecular weight is 351 g/mol. The molecule has 0 aliphatic heterocycles. The maximum absolute atomic E-state index is 12.1. The number of hydrogen-bond donors (Lipinski definition) is 0. The van der Waals surface area contributed by atoms with Crippen LogP contribution in [-0.2, 0) is 5.88 Å². The summed E-state index contributed by atoms with van der Waals surface area (Å²) >= 11 is 7.25. The van der Waals surface area contributed by atoms with E-state index in [2.05, 4.69) is 9.72 Å². The van der Waals surface area contributed by atoms with Gasteiger partial charge in [-0.3, -0.25) is 4.98 Å². The molecule has 1 aromatic rings. The van der Waals surface area contributed by atoms with Gasteiger partial charge in [0, 0.05) is 11.8 Å². The van der Waals surface area contributed by atoms with Gasteiger partial charge in [-0.1, -0.05) is 0 Å². The number of alkyl halides is 4. The first-order valence-electron chi connectivity index (χ1n) is 3.81. The second-order valence-electron chi connectivity index (χ2n) is 2.69. The van der Waals surface area contributed by atoms with Crippen molar-refractivity contribution in [1.29, 1.82) is 0 Å². The number of aromatic nitrogens is 1. The molecule has 84 valence electrons. The summed E-state index contributed by atoms with van der Waals surface area (Å²) < 4.78 is 40.4. The zero-order valence-electron chi connectivity index (χ0n) is 7.53. The van der Waals surface area contributed by atoms with Gasteiger partial charge >= 0.3 is 6.36 Å². The van der Waals surface area contributed by atoms with E-state index < -0.39 is 6.36 Å². The molecule has 0 aliphatic carbocycles. The smallest absolute Gasteiger partial charge is 0.404 e. The number of nitrogens with zero attached hydrogens (tertiary/aromatic N) is 1. The highest BCUT2D eigenvalue weighted by Gasteiger charge is 2.33. The van der Waals surface area contributed by atoms with Gasteiger partial charge in [0.15, 0.2) is 0 Å². The summed E-state index contributed by atoms with van der Waals surface area (Å²) in [6.07, 6.45) is -3.40. The lowest BCUT2D eigenvalue weighted by Gasteiger charge is -2.14. The highest BCUT2D eigenvalue weighted by Crippen LogP contribution is 2.32. The number of hydrogen-bond acceptors (Lipinski definition) is 2. The van der Waals surface area contributed by atoms with Gasteiger partial charge in [-0.15, -0.1) is 24.8 Å². The van der Waals surface area contributed by atoms with Crippen LogP contribution in [0, 0.1) is 10.5 Å². The molecule has 1 rings (SSSR count). The number of ether oxygens (including phenoxy) is 1. The molecule has 0 spiro atoms. The van der Waals surface area contributed by atoms with Crippen molar-refractivity contribution in [1.82, 2.24) is 4.98 Å². The molecule has 7 heteroatoms. The third-order valence-corrected chi connectivity index (χ3v) is 2.69. The Labute approximate surface area is 103 Å². The Kier molecular flexibility index (Phi) is 4.05. The summed E-state index contributed by atoms with van der Waals surface area (Å²) in [5.74, 6) is -0.175. The Morgan fingerprint density at radius 3 is 2.60 bits per heavy atom. The topological polar surface area (TPSA) is 22.1 Å². The number of halogens is 5. The zero-order valence-corrected chi connectivity index (χ0v) is 10.4. The Morgan fingerprint density at radius 2 is 2.13 bits per heavy atom. The predicted octanol–water partition coefficient (Wildman–Crippen LogP) is 3.63. The maximum Gasteiger partial charge on any atom is 0.573 e. The van der Waals surface area contributed by atoms with Gasteiger partial charge in [-0.05, 0) is 29.5 Å². The van der Waals surface area contributed by atoms with E-state index in [1.807, 2.05) is 0 Å². The number of pyridine rings is 1. The average Bonchev–Trinajstić information content (AvgIpc) is 2.11. The Morgan fingerprint density at radius 1 is 1.53 bits per heavy atom. The molecule has 2 nitrogen and oxygen atoms in total. The lowest BCUT2D eigenvalue weighted by Crippen LogP contribution is -2.19. The summed E-state index contributed by atoms with van der Waals surface area (Å²) in [4.78, 5) is 3.90. The van der Waals surface area contributed by atoms with Crippen molar-refractivity contribution in [2.24, 2.45) is 0 Å². The lowest BCUT2D eigenvalue weighted by molar-refractivity contribution is -0.275. The molecule has 0 saturated heterocycles. The van der Waals surface area contributed by atoms with Gasteiger partial charge < -0.3 is 4.74 Å². The molecular formula is C8H6ClF3INO. The largest absolute Gasteiger partial charge is 0.573 e. The normalized spacial score (nSPS) is 11.6. The van der Waals surface area contributed by atoms with E-state index in [1.54, 1.807) is 22.6 Å². The Hall–Kier alpha value is -0.240. The molecule has 0 bridgehead atoms. The summed E-state index contributed by atoms with van der Waals surface area (Å²) in [6.45, 7) is 1.49. The fourth-order valence-corrected chi connectivity index (χ4v) is 1.90. The van der Waals surface area contributed by atoms with E-state index >= 15 is 0 Å². The second-order valence-corrected chi connectivity index (χ2v) is 4.12. The zero-order chi connectivity index (χ0) is 11.6. The molecule has 1 aromatic heterocycles. The minimum Gasteiger partial charge on any atom is -0.404 e. The molecule has 0 saturated carbocycles. The van der Waals surface area contributed by atoms with Crippen molar-refractivity contribution in [3.8, 4) is 5.75 Å². The van der Waals surface area contributed by atoms with Crippen LogP contribution >= 0.6 is 34.2 Å². The Bertz CT molecular complexity index is 370. The molecule has 0 aromatic carbocycles. The summed E-state index contributed by atoms with van der Waals surface area (Å²) in [5.41, 5.74) is 0.700. The van der Waals surface area contributed by atoms with Crippen LogP contribution < -0.4 is 4.74 Å². The Balaban J connectivity index is 3.15. The molecule has 15 heavy (non-hydrogen) atoms. The van der Waals surface area contributed by atoms with Gasteiger partial charge in [0.2, 0.25) is 0 Å². The van der Waals surface area contributed by atoms with Crippen molar-refractivity contribution < 1.29 is 17.9 Å². The van der Waals surface area contributed by atoms with Crippen LogP contribution in [0.4, 0.5) is 13.2 Å². The van der Waals surface area contributed by atoms with Crippen LogP contribution in [0.2, 0.25) is 0 Å². The third kappa shape index (κ3) is 3.37. The van der Waals surface area contributed by atoms with E-state index in [0.717, 1.165) is 0 Å². The molecule has 1 heterocycles. The predicted molar refractivity (Wildman–Crippen MR) is 57.9 cm³/mol. The van der Waals surface area contributed by atoms with Gasteiger partial charge in [-0.25, -0.2) is 0 Å². The van der Waals surface area contributed by atoms with Crippen molar-refractivity contribution in [3.63, 3.8) is 0 Å². The van der Waals surface area contributed by atoms with Gasteiger partial charge in [0.05, 0.1) is 15.1 Å². The van der Waals surface area contributed by atoms with E-state index in [1.165, 1.54) is 13.1 Å². The van der Waals surface area contributed by atoms with Crippen LogP contribution in [0.5, 0.6) is 5.75 Å². The molecule has 0 radical (unpaired) electrons. The van der Waals surface area contributed by atoms with Gasteiger partial charge in [0.1, 0.15) is 5.75 Å². The first kappa shape index (κ1) is 12.8. The third-order valence-electron chi connectivity index (χ3n) is 1.67. The lowest BCUT2D eigenvalue weighted by atomic mass is 10.2. The van der Waals surface area contributed by atoms with E-state index in [4.69, 9.17) is 11.6 Å². The molecule has 0 fully saturated rings. The minimum absolute atomic E-state index is 0.0526. The van der Waals surface area contributed by atoms with E-state index in [-0.39, 0.29) is 11.6 Å². The van der Waals surface area contributed by atoms with Crippen LogP contribution in [0.15, 0.2) is 6.20 Å². The first-order valence-corrected chi connectivity index (χ1v) is 5.42. The monoisotopic (exact) mass is 351 g/mol. The van der Waals surface area contributed by atoms with Crippen molar-refractivity contribution >= 4 is 34.2 Å². The van der Waals surface area contributed by atoms with Crippen molar-refractivity contribution in [2.75, 3.05) is 0 Å². The van der Waals surface area contributed by atoms with E-state index in [0.29, 0.717) is 14.8 Å². The van der Waals surface area contributed by atoms with Crippen LogP contribution in [0.25, 0.3) is 0 Å². The van der Waals surface area contributed by atoms with Crippen LogP contribution in [0.1, 0.15) is 11.3 Å². The van der Waals surface area contributed by atoms with Crippen molar-refractivity contribution in [2.45, 2.75) is 19.2 Å². The van der Waals surface area contributed by atoms with Gasteiger partial charge in [-0.2, -0.15) is 0 Å². The molecule has 0 atom stereocenters. The molecule has 0 N–H and O–H groups in total. The minimum atomic E-state index is -4.70. The van der Waals surface area contributed by atoms with Gasteiger partial charge in [0.25, 0.3) is 0 Å². The highest BCUT2D eigenvalue weighted by molar-refractivity contribution is 14.1. The molecule has 0 aliphatic rings. The summed E-state index contributed by atoms with van der Waals surface area (Å²) in [7, 11) is 0. The quantitative estimate of drug-likeness (QED) is 0.600. The fourth-order valence-electron chi connectivity index (χ4n) is 0.976.